The van der Waals surface area contributed by atoms with Gasteiger partial charge in [-0.05, 0) is 36.8 Å². The molecule has 0 bridgehead atoms. The molecule has 0 saturated carbocycles. The van der Waals surface area contributed by atoms with E-state index < -0.39 is 0 Å². The molecule has 0 aliphatic carbocycles. The molecule has 114 valence electrons. The van der Waals surface area contributed by atoms with Gasteiger partial charge in [-0.15, -0.1) is 0 Å². The van der Waals surface area contributed by atoms with E-state index in [1.165, 1.54) is 5.56 Å². The third-order valence-electron chi connectivity index (χ3n) is 3.88. The number of hydrogen-bond donors (Lipinski definition) is 1. The number of aliphatic imine (C=N–C) groups is 1. The lowest BCUT2D eigenvalue weighted by Crippen LogP contribution is -1.97. The number of nitrogens with zero attached hydrogens (tertiary/aromatic N) is 2. The molecule has 1 N–H and O–H groups in total. The van der Waals surface area contributed by atoms with Gasteiger partial charge in [0.2, 0.25) is 0 Å². The number of hydrogen-bond acceptors (Lipinski definition) is 3. The third kappa shape index (κ3) is 2.88. The summed E-state index contributed by atoms with van der Waals surface area (Å²) in [4.78, 5) is 12.5. The lowest BCUT2D eigenvalue weighted by molar-refractivity contribution is 0.165. The Hall–Kier alpha value is -2.88. The van der Waals surface area contributed by atoms with Crippen molar-refractivity contribution >= 4 is 22.9 Å². The van der Waals surface area contributed by atoms with Crippen LogP contribution in [0.25, 0.3) is 11.0 Å². The molecule has 0 radical (unpaired) electrons. The molecule has 1 unspecified atom stereocenters. The highest BCUT2D eigenvalue weighted by Crippen LogP contribution is 2.27. The van der Waals surface area contributed by atoms with Gasteiger partial charge >= 0.3 is 0 Å². The Labute approximate surface area is 134 Å². The molecule has 1 aromatic heterocycles. The smallest absolute Gasteiger partial charge is 0.159 e. The summed E-state index contributed by atoms with van der Waals surface area (Å²) < 4.78 is 5.51. The monoisotopic (exact) mass is 303 g/mol. The second-order valence-corrected chi connectivity index (χ2v) is 5.73. The molecule has 2 heterocycles. The maximum absolute atomic E-state index is 5.51. The predicted molar refractivity (Wildman–Crippen MR) is 92.1 cm³/mol. The van der Waals surface area contributed by atoms with Crippen molar-refractivity contribution in [2.75, 3.05) is 0 Å². The van der Waals surface area contributed by atoms with E-state index in [0.717, 1.165) is 34.5 Å². The van der Waals surface area contributed by atoms with E-state index >= 15 is 0 Å². The number of nitrogens with one attached hydrogen (secondary N) is 1. The highest BCUT2D eigenvalue weighted by molar-refractivity contribution is 5.84. The molecule has 0 fully saturated rings. The van der Waals surface area contributed by atoms with Crippen LogP contribution in [0.4, 0.5) is 5.69 Å². The van der Waals surface area contributed by atoms with Crippen molar-refractivity contribution in [1.82, 2.24) is 9.97 Å². The van der Waals surface area contributed by atoms with E-state index in [2.05, 4.69) is 34.0 Å². The number of imidazole rings is 1. The number of rotatable bonds is 3. The Morgan fingerprint density at radius 2 is 2.22 bits per heavy atom. The number of aryl methyl sites for hydroxylation is 1. The fraction of sp³-hybridized carbons (Fsp3) is 0.158. The summed E-state index contributed by atoms with van der Waals surface area (Å²) >= 11 is 0. The fourth-order valence-electron chi connectivity index (χ4n) is 2.71. The number of ether oxygens (including phenoxy) is 1. The number of aromatic amines is 1. The van der Waals surface area contributed by atoms with Crippen molar-refractivity contribution < 1.29 is 4.74 Å². The van der Waals surface area contributed by atoms with Gasteiger partial charge in [-0.2, -0.15) is 0 Å². The predicted octanol–water partition coefficient (Wildman–Crippen LogP) is 4.60. The van der Waals surface area contributed by atoms with E-state index in [1.54, 1.807) is 6.26 Å². The van der Waals surface area contributed by atoms with E-state index in [0.29, 0.717) is 0 Å². The fourth-order valence-corrected chi connectivity index (χ4v) is 2.71. The first kappa shape index (κ1) is 13.8. The normalized spacial score (nSPS) is 17.2. The standard InChI is InChI=1S/C19H17N3O/c1-13-4-2-5-14(10-13)12-20-15-7-8-16-17(11-15)22-19(21-16)18-6-3-9-23-18/h2-5,7-12,18H,6H2,1H3,(H,21,22)/b20-12+. The summed E-state index contributed by atoms with van der Waals surface area (Å²) in [7, 11) is 0. The molecule has 3 aromatic rings. The van der Waals surface area contributed by atoms with Gasteiger partial charge in [-0.1, -0.05) is 29.8 Å². The van der Waals surface area contributed by atoms with Crippen molar-refractivity contribution in [2.45, 2.75) is 19.4 Å². The molecule has 4 rings (SSSR count). The molecule has 4 nitrogen and oxygen atoms in total. The molecule has 1 aliphatic heterocycles. The van der Waals surface area contributed by atoms with Gasteiger partial charge in [0, 0.05) is 12.6 Å². The van der Waals surface area contributed by atoms with Gasteiger partial charge in [-0.3, -0.25) is 4.99 Å². The molecular formula is C19H17N3O. The van der Waals surface area contributed by atoms with Gasteiger partial charge in [-0.25, -0.2) is 4.98 Å². The Morgan fingerprint density at radius 3 is 3.04 bits per heavy atom. The summed E-state index contributed by atoms with van der Waals surface area (Å²) in [6, 6.07) is 14.3. The topological polar surface area (TPSA) is 50.3 Å². The molecule has 1 aliphatic rings. The Morgan fingerprint density at radius 1 is 1.26 bits per heavy atom. The number of aromatic nitrogens is 2. The number of H-pyrrole nitrogens is 1. The average molecular weight is 303 g/mol. The molecule has 0 spiro atoms. The van der Waals surface area contributed by atoms with Crippen LogP contribution in [0.1, 0.15) is 29.5 Å². The van der Waals surface area contributed by atoms with Gasteiger partial charge in [0.15, 0.2) is 6.10 Å². The van der Waals surface area contributed by atoms with Crippen LogP contribution in [0.2, 0.25) is 0 Å². The minimum Gasteiger partial charge on any atom is -0.490 e. The van der Waals surface area contributed by atoms with Crippen molar-refractivity contribution in [3.63, 3.8) is 0 Å². The van der Waals surface area contributed by atoms with Gasteiger partial charge in [0.05, 0.1) is 23.0 Å². The maximum Gasteiger partial charge on any atom is 0.159 e. The van der Waals surface area contributed by atoms with Crippen LogP contribution >= 0.6 is 0 Å². The summed E-state index contributed by atoms with van der Waals surface area (Å²) in [5.41, 5.74) is 5.13. The van der Waals surface area contributed by atoms with E-state index in [1.807, 2.05) is 42.6 Å². The Bertz CT molecular complexity index is 900. The Kier molecular flexibility index (Phi) is 3.42. The van der Waals surface area contributed by atoms with Crippen molar-refractivity contribution in [3.05, 3.63) is 71.8 Å². The van der Waals surface area contributed by atoms with Crippen molar-refractivity contribution in [2.24, 2.45) is 4.99 Å². The molecule has 0 saturated heterocycles. The molecular weight excluding hydrogens is 286 g/mol. The van der Waals surface area contributed by atoms with Crippen LogP contribution < -0.4 is 0 Å². The first-order valence-electron chi connectivity index (χ1n) is 7.69. The SMILES string of the molecule is Cc1cccc(/C=N/c2ccc3[nH]c(C4CC=CO4)nc3c2)c1. The largest absolute Gasteiger partial charge is 0.490 e. The van der Waals surface area contributed by atoms with Gasteiger partial charge < -0.3 is 9.72 Å². The van der Waals surface area contributed by atoms with Gasteiger partial charge in [0.1, 0.15) is 5.82 Å². The van der Waals surface area contributed by atoms with E-state index in [9.17, 15) is 0 Å². The lowest BCUT2D eigenvalue weighted by Gasteiger charge is -2.04. The van der Waals surface area contributed by atoms with Crippen molar-refractivity contribution in [3.8, 4) is 0 Å². The average Bonchev–Trinajstić information content (AvgIpc) is 3.21. The first-order valence-corrected chi connectivity index (χ1v) is 7.69. The zero-order chi connectivity index (χ0) is 15.6. The quantitative estimate of drug-likeness (QED) is 0.719. The lowest BCUT2D eigenvalue weighted by atomic mass is 10.1. The summed E-state index contributed by atoms with van der Waals surface area (Å²) in [5, 5.41) is 0. The minimum absolute atomic E-state index is 0.00152. The summed E-state index contributed by atoms with van der Waals surface area (Å²) in [6.45, 7) is 2.08. The Balaban J connectivity index is 1.61. The molecule has 4 heteroatoms. The van der Waals surface area contributed by atoms with Crippen LogP contribution in [-0.2, 0) is 4.74 Å². The second kappa shape index (κ2) is 5.72. The van der Waals surface area contributed by atoms with E-state index in [-0.39, 0.29) is 6.10 Å². The summed E-state index contributed by atoms with van der Waals surface area (Å²) in [5.74, 6) is 0.866. The zero-order valence-corrected chi connectivity index (χ0v) is 12.9. The number of fused-ring (bicyclic) bond motifs is 1. The van der Waals surface area contributed by atoms with Crippen LogP contribution in [0, 0.1) is 6.92 Å². The van der Waals surface area contributed by atoms with Crippen LogP contribution in [-0.4, -0.2) is 16.2 Å². The minimum atomic E-state index is 0.00152. The van der Waals surface area contributed by atoms with Crippen LogP contribution in [0.5, 0.6) is 0 Å². The first-order chi connectivity index (χ1) is 11.3. The molecule has 2 aromatic carbocycles. The third-order valence-corrected chi connectivity index (χ3v) is 3.88. The molecule has 1 atom stereocenters. The number of benzene rings is 2. The zero-order valence-electron chi connectivity index (χ0n) is 12.9. The van der Waals surface area contributed by atoms with E-state index in [4.69, 9.17) is 4.74 Å². The highest BCUT2D eigenvalue weighted by atomic mass is 16.5. The second-order valence-electron chi connectivity index (χ2n) is 5.73. The maximum atomic E-state index is 5.51. The molecule has 0 amide bonds. The van der Waals surface area contributed by atoms with Crippen LogP contribution in [0.3, 0.4) is 0 Å². The van der Waals surface area contributed by atoms with Crippen molar-refractivity contribution in [1.29, 1.82) is 0 Å². The van der Waals surface area contributed by atoms with Gasteiger partial charge in [0.25, 0.3) is 0 Å². The van der Waals surface area contributed by atoms with Crippen LogP contribution in [0.15, 0.2) is 59.8 Å². The molecule has 23 heavy (non-hydrogen) atoms. The highest BCUT2D eigenvalue weighted by Gasteiger charge is 2.18. The summed E-state index contributed by atoms with van der Waals surface area (Å²) in [6.07, 6.45) is 6.48.